The van der Waals surface area contributed by atoms with Crippen LogP contribution in [0.1, 0.15) is 32.1 Å². The van der Waals surface area contributed by atoms with Crippen LogP contribution in [0.2, 0.25) is 0 Å². The first-order chi connectivity index (χ1) is 13.2. The molecule has 0 fully saturated rings. The standard InChI is InChI=1S/C18H33N3O6/c19-27-15-17(22)20-8-10-24-12-13-25-11-9-21-18(23)26-14-16-6-4-2-1-3-5-7-16/h1-2,16H,3-15,19H2,(H,20,22)(H,21,23)/b2-1-/t16-/m1/s1. The number of carbonyl (C=O) groups excluding carboxylic acids is 2. The molecule has 0 saturated carbocycles. The highest BCUT2D eigenvalue weighted by molar-refractivity contribution is 5.77. The highest BCUT2D eigenvalue weighted by Crippen LogP contribution is 2.18. The maximum absolute atomic E-state index is 11.7. The predicted octanol–water partition coefficient (Wildman–Crippen LogP) is 0.889. The Labute approximate surface area is 160 Å². The van der Waals surface area contributed by atoms with Crippen molar-refractivity contribution in [1.29, 1.82) is 0 Å². The Kier molecular flexibility index (Phi) is 14.3. The maximum atomic E-state index is 11.7. The number of allylic oxidation sites excluding steroid dienone is 2. The molecule has 27 heavy (non-hydrogen) atoms. The average molecular weight is 387 g/mol. The molecule has 2 amide bonds. The topological polar surface area (TPSA) is 121 Å². The minimum atomic E-state index is -0.398. The van der Waals surface area contributed by atoms with Crippen LogP contribution in [-0.2, 0) is 23.8 Å². The van der Waals surface area contributed by atoms with Gasteiger partial charge in [0.1, 0.15) is 6.61 Å². The van der Waals surface area contributed by atoms with Crippen molar-refractivity contribution < 1.29 is 28.6 Å². The van der Waals surface area contributed by atoms with Crippen molar-refractivity contribution in [1.82, 2.24) is 10.6 Å². The van der Waals surface area contributed by atoms with Crippen molar-refractivity contribution in [2.24, 2.45) is 11.8 Å². The van der Waals surface area contributed by atoms with Crippen molar-refractivity contribution in [3.63, 3.8) is 0 Å². The summed E-state index contributed by atoms with van der Waals surface area (Å²) in [7, 11) is 0. The molecule has 0 aromatic carbocycles. The van der Waals surface area contributed by atoms with Gasteiger partial charge >= 0.3 is 6.09 Å². The van der Waals surface area contributed by atoms with Crippen LogP contribution in [0.3, 0.4) is 0 Å². The zero-order chi connectivity index (χ0) is 19.6. The SMILES string of the molecule is NOCC(=O)NCCOCCOCCNC(=O)OC[C@@H]1CC/C=C\CCC1. The van der Waals surface area contributed by atoms with E-state index in [-0.39, 0.29) is 12.5 Å². The van der Waals surface area contributed by atoms with Gasteiger partial charge in [0.25, 0.3) is 0 Å². The second-order valence-electron chi connectivity index (χ2n) is 6.26. The number of ether oxygens (including phenoxy) is 3. The van der Waals surface area contributed by atoms with Crippen LogP contribution in [0.15, 0.2) is 12.2 Å². The number of carbonyl (C=O) groups is 2. The van der Waals surface area contributed by atoms with Gasteiger partial charge in [-0.2, -0.15) is 0 Å². The summed E-state index contributed by atoms with van der Waals surface area (Å²) < 4.78 is 15.9. The lowest BCUT2D eigenvalue weighted by atomic mass is 9.95. The summed E-state index contributed by atoms with van der Waals surface area (Å²) in [5, 5.41) is 5.25. The number of nitrogens with one attached hydrogen (secondary N) is 2. The lowest BCUT2D eigenvalue weighted by Gasteiger charge is -2.17. The fourth-order valence-electron chi connectivity index (χ4n) is 2.58. The Morgan fingerprint density at radius 3 is 2.41 bits per heavy atom. The van der Waals surface area contributed by atoms with Gasteiger partial charge in [-0.15, -0.1) is 0 Å². The highest BCUT2D eigenvalue weighted by atomic mass is 16.6. The summed E-state index contributed by atoms with van der Waals surface area (Å²) in [5.41, 5.74) is 0. The molecule has 0 spiro atoms. The molecule has 9 nitrogen and oxygen atoms in total. The Morgan fingerprint density at radius 1 is 0.963 bits per heavy atom. The minimum absolute atomic E-state index is 0.170. The smallest absolute Gasteiger partial charge is 0.407 e. The van der Waals surface area contributed by atoms with E-state index in [0.29, 0.717) is 52.0 Å². The van der Waals surface area contributed by atoms with Crippen LogP contribution in [0.5, 0.6) is 0 Å². The number of amides is 2. The number of nitrogens with two attached hydrogens (primary N) is 1. The van der Waals surface area contributed by atoms with Crippen LogP contribution in [-0.4, -0.2) is 64.7 Å². The maximum Gasteiger partial charge on any atom is 0.407 e. The molecule has 4 N–H and O–H groups in total. The Morgan fingerprint density at radius 2 is 1.67 bits per heavy atom. The van der Waals surface area contributed by atoms with Gasteiger partial charge in [-0.25, -0.2) is 10.7 Å². The van der Waals surface area contributed by atoms with E-state index in [2.05, 4.69) is 27.6 Å². The normalized spacial score (nSPS) is 18.2. The molecule has 0 saturated heterocycles. The Bertz CT molecular complexity index is 433. The first-order valence-electron chi connectivity index (χ1n) is 9.52. The molecular formula is C18H33N3O6. The number of hydrogen-bond donors (Lipinski definition) is 3. The largest absolute Gasteiger partial charge is 0.449 e. The molecule has 9 heteroatoms. The summed E-state index contributed by atoms with van der Waals surface area (Å²) >= 11 is 0. The molecule has 1 aliphatic carbocycles. The van der Waals surface area contributed by atoms with E-state index in [4.69, 9.17) is 20.1 Å². The fraction of sp³-hybridized carbons (Fsp3) is 0.778. The predicted molar refractivity (Wildman–Crippen MR) is 99.9 cm³/mol. The summed E-state index contributed by atoms with van der Waals surface area (Å²) in [6.45, 7) is 2.65. The second-order valence-corrected chi connectivity index (χ2v) is 6.26. The molecule has 0 bridgehead atoms. The van der Waals surface area contributed by atoms with Gasteiger partial charge in [-0.1, -0.05) is 12.2 Å². The monoisotopic (exact) mass is 387 g/mol. The van der Waals surface area contributed by atoms with Gasteiger partial charge in [-0.05, 0) is 38.0 Å². The molecule has 156 valence electrons. The molecule has 1 atom stereocenters. The molecular weight excluding hydrogens is 354 g/mol. The van der Waals surface area contributed by atoms with Gasteiger partial charge < -0.3 is 24.8 Å². The van der Waals surface area contributed by atoms with Crippen LogP contribution >= 0.6 is 0 Å². The van der Waals surface area contributed by atoms with E-state index in [1.807, 2.05) is 0 Å². The van der Waals surface area contributed by atoms with Gasteiger partial charge in [-0.3, -0.25) is 9.63 Å². The average Bonchev–Trinajstić information content (AvgIpc) is 2.62. The van der Waals surface area contributed by atoms with E-state index in [1.165, 1.54) is 0 Å². The van der Waals surface area contributed by atoms with E-state index < -0.39 is 6.09 Å². The zero-order valence-electron chi connectivity index (χ0n) is 16.0. The van der Waals surface area contributed by atoms with E-state index in [1.54, 1.807) is 0 Å². The third-order valence-electron chi connectivity index (χ3n) is 4.01. The van der Waals surface area contributed by atoms with Crippen molar-refractivity contribution in [2.45, 2.75) is 32.1 Å². The molecule has 0 unspecified atom stereocenters. The van der Waals surface area contributed by atoms with E-state index in [0.717, 1.165) is 32.1 Å². The number of rotatable bonds is 13. The minimum Gasteiger partial charge on any atom is -0.449 e. The van der Waals surface area contributed by atoms with Gasteiger partial charge in [0.05, 0.1) is 33.0 Å². The Balaban J connectivity index is 1.86. The summed E-state index contributed by atoms with van der Waals surface area (Å²) in [4.78, 5) is 26.9. The van der Waals surface area contributed by atoms with Gasteiger partial charge in [0.15, 0.2) is 0 Å². The highest BCUT2D eigenvalue weighted by Gasteiger charge is 2.12. The molecule has 0 heterocycles. The molecule has 1 aliphatic rings. The second kappa shape index (κ2) is 16.5. The molecule has 0 radical (unpaired) electrons. The molecule has 0 aromatic rings. The lowest BCUT2D eigenvalue weighted by Crippen LogP contribution is -2.32. The van der Waals surface area contributed by atoms with Gasteiger partial charge in [0.2, 0.25) is 5.91 Å². The Hall–Kier alpha value is -1.68. The molecule has 0 aliphatic heterocycles. The summed E-state index contributed by atoms with van der Waals surface area (Å²) in [5.74, 6) is 4.93. The van der Waals surface area contributed by atoms with E-state index >= 15 is 0 Å². The summed E-state index contributed by atoms with van der Waals surface area (Å²) in [6, 6.07) is 0. The zero-order valence-corrected chi connectivity index (χ0v) is 16.0. The number of alkyl carbamates (subject to hydrolysis) is 1. The number of hydrogen-bond acceptors (Lipinski definition) is 7. The van der Waals surface area contributed by atoms with Gasteiger partial charge in [0, 0.05) is 13.1 Å². The van der Waals surface area contributed by atoms with Crippen molar-refractivity contribution in [3.05, 3.63) is 12.2 Å². The third-order valence-corrected chi connectivity index (χ3v) is 4.01. The quantitative estimate of drug-likeness (QED) is 0.244. The van der Waals surface area contributed by atoms with Crippen LogP contribution in [0.4, 0.5) is 4.79 Å². The van der Waals surface area contributed by atoms with Crippen molar-refractivity contribution >= 4 is 12.0 Å². The molecule has 0 aromatic heterocycles. The fourth-order valence-corrected chi connectivity index (χ4v) is 2.58. The molecule has 1 rings (SSSR count). The van der Waals surface area contributed by atoms with Crippen molar-refractivity contribution in [2.75, 3.05) is 52.7 Å². The van der Waals surface area contributed by atoms with Crippen molar-refractivity contribution in [3.8, 4) is 0 Å². The van der Waals surface area contributed by atoms with Crippen LogP contribution < -0.4 is 16.5 Å². The van der Waals surface area contributed by atoms with E-state index in [9.17, 15) is 9.59 Å². The van der Waals surface area contributed by atoms with Crippen LogP contribution in [0, 0.1) is 5.92 Å². The first-order valence-corrected chi connectivity index (χ1v) is 9.52. The third kappa shape index (κ3) is 14.1. The lowest BCUT2D eigenvalue weighted by molar-refractivity contribution is -0.126. The summed E-state index contributed by atoms with van der Waals surface area (Å²) in [6.07, 6.45) is 9.52. The van der Waals surface area contributed by atoms with Crippen LogP contribution in [0.25, 0.3) is 0 Å². The first kappa shape index (κ1) is 23.4.